The van der Waals surface area contributed by atoms with Crippen molar-refractivity contribution in [3.63, 3.8) is 0 Å². The van der Waals surface area contributed by atoms with E-state index in [2.05, 4.69) is 21.2 Å². The lowest BCUT2D eigenvalue weighted by Crippen LogP contribution is -2.51. The summed E-state index contributed by atoms with van der Waals surface area (Å²) in [5, 5.41) is 3.47. The first-order valence-corrected chi connectivity index (χ1v) is 10.8. The molecule has 1 unspecified atom stereocenters. The second-order valence-electron chi connectivity index (χ2n) is 6.37. The summed E-state index contributed by atoms with van der Waals surface area (Å²) in [6.45, 7) is 3.67. The Balaban J connectivity index is 1.71. The normalized spacial score (nSPS) is 17.9. The van der Waals surface area contributed by atoms with Crippen LogP contribution in [0.15, 0.2) is 27.1 Å². The highest BCUT2D eigenvalue weighted by Crippen LogP contribution is 2.28. The number of sulfone groups is 1. The zero-order valence-electron chi connectivity index (χ0n) is 14.4. The van der Waals surface area contributed by atoms with Gasteiger partial charge in [0.25, 0.3) is 5.91 Å². The minimum absolute atomic E-state index is 0.0447. The van der Waals surface area contributed by atoms with Crippen molar-refractivity contribution >= 4 is 48.6 Å². The fourth-order valence-electron chi connectivity index (χ4n) is 2.94. The maximum atomic E-state index is 12.5. The Kier molecular flexibility index (Phi) is 5.12. The van der Waals surface area contributed by atoms with E-state index in [4.69, 9.17) is 4.42 Å². The van der Waals surface area contributed by atoms with Crippen molar-refractivity contribution in [1.29, 1.82) is 0 Å². The van der Waals surface area contributed by atoms with E-state index in [0.717, 1.165) is 9.86 Å². The lowest BCUT2D eigenvalue weighted by atomic mass is 10.1. The Morgan fingerprint density at radius 1 is 1.27 bits per heavy atom. The molecule has 0 saturated carbocycles. The van der Waals surface area contributed by atoms with Crippen molar-refractivity contribution < 1.29 is 22.4 Å². The first-order valence-electron chi connectivity index (χ1n) is 8.16. The quantitative estimate of drug-likeness (QED) is 0.782. The highest BCUT2D eigenvalue weighted by Gasteiger charge is 2.29. The number of carbonyl (C=O) groups is 2. The average Bonchev–Trinajstić information content (AvgIpc) is 2.91. The van der Waals surface area contributed by atoms with Gasteiger partial charge in [-0.2, -0.15) is 0 Å². The molecule has 9 heteroatoms. The van der Waals surface area contributed by atoms with E-state index in [0.29, 0.717) is 11.1 Å². The Hall–Kier alpha value is -1.87. The molecule has 2 heterocycles. The number of nitrogens with zero attached hydrogens (tertiary/aromatic N) is 1. The smallest absolute Gasteiger partial charge is 0.287 e. The van der Waals surface area contributed by atoms with Crippen molar-refractivity contribution in [3.8, 4) is 0 Å². The van der Waals surface area contributed by atoms with E-state index in [1.165, 1.54) is 4.90 Å². The number of rotatable bonds is 3. The van der Waals surface area contributed by atoms with E-state index >= 15 is 0 Å². The van der Waals surface area contributed by atoms with Crippen LogP contribution in [0.5, 0.6) is 0 Å². The van der Waals surface area contributed by atoms with Crippen molar-refractivity contribution in [2.45, 2.75) is 19.9 Å². The molecular formula is C17H19BrN2O5S. The standard InChI is InChI=1S/C17H19BrN2O5S/c1-10-13-9-12(18)3-4-14(13)25-15(10)16(21)19-11(2)17(22)20-5-7-26(23,24)8-6-20/h3-4,9,11H,5-8H2,1-2H3,(H,19,21). The Bertz CT molecular complexity index is 968. The van der Waals surface area contributed by atoms with Gasteiger partial charge in [0, 0.05) is 28.5 Å². The van der Waals surface area contributed by atoms with Crippen LogP contribution in [0.3, 0.4) is 0 Å². The molecule has 2 aromatic rings. The summed E-state index contributed by atoms with van der Waals surface area (Å²) in [6, 6.07) is 4.69. The number of amides is 2. The second-order valence-corrected chi connectivity index (χ2v) is 9.59. The van der Waals surface area contributed by atoms with Gasteiger partial charge in [0.1, 0.15) is 11.6 Å². The van der Waals surface area contributed by atoms with Crippen LogP contribution in [-0.2, 0) is 14.6 Å². The summed E-state index contributed by atoms with van der Waals surface area (Å²) in [5.74, 6) is -0.697. The number of fused-ring (bicyclic) bond motifs is 1. The van der Waals surface area contributed by atoms with E-state index in [1.54, 1.807) is 19.9 Å². The molecule has 3 rings (SSSR count). The Labute approximate surface area is 159 Å². The number of hydrogen-bond donors (Lipinski definition) is 1. The van der Waals surface area contributed by atoms with Gasteiger partial charge in [0.15, 0.2) is 15.6 Å². The highest BCUT2D eigenvalue weighted by molar-refractivity contribution is 9.10. The van der Waals surface area contributed by atoms with Crippen LogP contribution in [0.1, 0.15) is 23.0 Å². The largest absolute Gasteiger partial charge is 0.451 e. The van der Waals surface area contributed by atoms with Gasteiger partial charge >= 0.3 is 0 Å². The molecule has 1 aromatic carbocycles. The minimum atomic E-state index is -3.06. The molecule has 2 amide bonds. The Morgan fingerprint density at radius 2 is 1.92 bits per heavy atom. The van der Waals surface area contributed by atoms with Gasteiger partial charge in [-0.3, -0.25) is 9.59 Å². The van der Waals surface area contributed by atoms with Gasteiger partial charge in [-0.05, 0) is 32.0 Å². The molecule has 0 radical (unpaired) electrons. The van der Waals surface area contributed by atoms with Crippen molar-refractivity contribution in [3.05, 3.63) is 34.0 Å². The maximum absolute atomic E-state index is 12.5. The molecule has 1 aliphatic rings. The molecule has 1 atom stereocenters. The molecule has 140 valence electrons. The van der Waals surface area contributed by atoms with Crippen LogP contribution in [-0.4, -0.2) is 55.8 Å². The number of nitrogens with one attached hydrogen (secondary N) is 1. The van der Waals surface area contributed by atoms with Crippen LogP contribution in [0.4, 0.5) is 0 Å². The Morgan fingerprint density at radius 3 is 2.58 bits per heavy atom. The summed E-state index contributed by atoms with van der Waals surface area (Å²) in [4.78, 5) is 26.5. The van der Waals surface area contributed by atoms with Crippen LogP contribution in [0, 0.1) is 6.92 Å². The van der Waals surface area contributed by atoms with Gasteiger partial charge in [0.2, 0.25) is 5.91 Å². The molecule has 7 nitrogen and oxygen atoms in total. The molecule has 1 saturated heterocycles. The summed E-state index contributed by atoms with van der Waals surface area (Å²) in [6.07, 6.45) is 0. The lowest BCUT2D eigenvalue weighted by Gasteiger charge is -2.29. The predicted molar refractivity (Wildman–Crippen MR) is 101 cm³/mol. The van der Waals surface area contributed by atoms with Crippen LogP contribution >= 0.6 is 15.9 Å². The number of hydrogen-bond acceptors (Lipinski definition) is 5. The van der Waals surface area contributed by atoms with Crippen molar-refractivity contribution in [2.24, 2.45) is 0 Å². The molecule has 1 aromatic heterocycles. The van der Waals surface area contributed by atoms with Crippen molar-refractivity contribution in [2.75, 3.05) is 24.6 Å². The zero-order valence-corrected chi connectivity index (χ0v) is 16.8. The third-order valence-corrected chi connectivity index (χ3v) is 6.58. The fourth-order valence-corrected chi connectivity index (χ4v) is 4.50. The first-order chi connectivity index (χ1) is 12.2. The number of benzene rings is 1. The fraction of sp³-hybridized carbons (Fsp3) is 0.412. The van der Waals surface area contributed by atoms with Gasteiger partial charge in [-0.25, -0.2) is 8.42 Å². The van der Waals surface area contributed by atoms with Gasteiger partial charge < -0.3 is 14.6 Å². The van der Waals surface area contributed by atoms with Crippen LogP contribution < -0.4 is 5.32 Å². The molecule has 1 fully saturated rings. The van der Waals surface area contributed by atoms with E-state index in [1.807, 2.05) is 12.1 Å². The minimum Gasteiger partial charge on any atom is -0.451 e. The molecule has 0 bridgehead atoms. The number of furan rings is 1. The van der Waals surface area contributed by atoms with Gasteiger partial charge in [-0.1, -0.05) is 15.9 Å². The molecular weight excluding hydrogens is 424 g/mol. The van der Waals surface area contributed by atoms with E-state index in [-0.39, 0.29) is 36.3 Å². The lowest BCUT2D eigenvalue weighted by molar-refractivity contribution is -0.132. The van der Waals surface area contributed by atoms with Crippen molar-refractivity contribution in [1.82, 2.24) is 10.2 Å². The summed E-state index contributed by atoms with van der Waals surface area (Å²) in [7, 11) is -3.06. The monoisotopic (exact) mass is 442 g/mol. The molecule has 0 spiro atoms. The number of aryl methyl sites for hydroxylation is 1. The topological polar surface area (TPSA) is 96.7 Å². The van der Waals surface area contributed by atoms with Crippen LogP contribution in [0.25, 0.3) is 11.0 Å². The van der Waals surface area contributed by atoms with Gasteiger partial charge in [0.05, 0.1) is 11.5 Å². The third kappa shape index (κ3) is 3.78. The predicted octanol–water partition coefficient (Wildman–Crippen LogP) is 1.88. The zero-order chi connectivity index (χ0) is 19.1. The molecule has 1 N–H and O–H groups in total. The molecule has 0 aliphatic carbocycles. The average molecular weight is 443 g/mol. The molecule has 26 heavy (non-hydrogen) atoms. The molecule has 1 aliphatic heterocycles. The number of halogens is 1. The van der Waals surface area contributed by atoms with E-state index < -0.39 is 21.8 Å². The summed E-state index contributed by atoms with van der Waals surface area (Å²) in [5.41, 5.74) is 1.29. The summed E-state index contributed by atoms with van der Waals surface area (Å²) < 4.78 is 29.5. The second kappa shape index (κ2) is 7.03. The third-order valence-electron chi connectivity index (χ3n) is 4.48. The van der Waals surface area contributed by atoms with Gasteiger partial charge in [-0.15, -0.1) is 0 Å². The SMILES string of the molecule is Cc1c(C(=O)NC(C)C(=O)N2CCS(=O)(=O)CC2)oc2ccc(Br)cc12. The first kappa shape index (κ1) is 18.9. The van der Waals surface area contributed by atoms with E-state index in [9.17, 15) is 18.0 Å². The summed E-state index contributed by atoms with van der Waals surface area (Å²) >= 11 is 3.39. The maximum Gasteiger partial charge on any atom is 0.287 e. The van der Waals surface area contributed by atoms with Crippen LogP contribution in [0.2, 0.25) is 0 Å². The number of carbonyl (C=O) groups excluding carboxylic acids is 2. The highest BCUT2D eigenvalue weighted by atomic mass is 79.9.